The van der Waals surface area contributed by atoms with Crippen molar-refractivity contribution >= 4 is 34.2 Å². The summed E-state index contributed by atoms with van der Waals surface area (Å²) in [7, 11) is 0. The van der Waals surface area contributed by atoms with Crippen molar-refractivity contribution in [3.63, 3.8) is 0 Å². The molecule has 0 bridgehead atoms. The molecule has 1 atom stereocenters. The van der Waals surface area contributed by atoms with E-state index in [4.69, 9.17) is 12.2 Å². The molecule has 1 aliphatic heterocycles. The Morgan fingerprint density at radius 2 is 2.56 bits per heavy atom. The van der Waals surface area contributed by atoms with Gasteiger partial charge in [-0.05, 0) is 0 Å². The van der Waals surface area contributed by atoms with Crippen LogP contribution in [0.2, 0.25) is 0 Å². The zero-order valence-electron chi connectivity index (χ0n) is 5.01. The molecular formula is C5H7NOS2. The summed E-state index contributed by atoms with van der Waals surface area (Å²) in [5.74, 6) is 0.991. The van der Waals surface area contributed by atoms with E-state index in [0.29, 0.717) is 4.32 Å². The van der Waals surface area contributed by atoms with E-state index in [1.807, 2.05) is 6.92 Å². The molecule has 50 valence electrons. The Labute approximate surface area is 63.4 Å². The standard InChI is InChI=1S/C5H7NOS2/c1-3-2-9-5(8)6-4(3)7/h3H,2H2,1H3,(H,6,7,8)/t3-/m1/s1. The van der Waals surface area contributed by atoms with Crippen LogP contribution in [0.1, 0.15) is 6.92 Å². The fourth-order valence-corrected chi connectivity index (χ4v) is 1.57. The van der Waals surface area contributed by atoms with Gasteiger partial charge in [-0.3, -0.25) is 4.79 Å². The fraction of sp³-hybridized carbons (Fsp3) is 0.600. The number of rotatable bonds is 0. The predicted molar refractivity (Wildman–Crippen MR) is 42.4 cm³/mol. The maximum atomic E-state index is 10.8. The summed E-state index contributed by atoms with van der Waals surface area (Å²) in [6.45, 7) is 1.89. The molecule has 1 amide bonds. The minimum absolute atomic E-state index is 0.0544. The van der Waals surface area contributed by atoms with Gasteiger partial charge in [-0.25, -0.2) is 0 Å². The lowest BCUT2D eigenvalue weighted by Gasteiger charge is -2.17. The number of thioether (sulfide) groups is 1. The van der Waals surface area contributed by atoms with Crippen LogP contribution in [0.15, 0.2) is 0 Å². The molecule has 4 heteroatoms. The lowest BCUT2D eigenvalue weighted by atomic mass is 10.2. The van der Waals surface area contributed by atoms with Gasteiger partial charge in [0.05, 0.1) is 0 Å². The second-order valence-corrected chi connectivity index (χ2v) is 3.69. The van der Waals surface area contributed by atoms with Crippen LogP contribution in [0.3, 0.4) is 0 Å². The summed E-state index contributed by atoms with van der Waals surface area (Å²) in [5.41, 5.74) is 0. The molecule has 0 aromatic heterocycles. The number of amides is 1. The Morgan fingerprint density at radius 1 is 1.89 bits per heavy atom. The van der Waals surface area contributed by atoms with Gasteiger partial charge in [0.2, 0.25) is 5.91 Å². The van der Waals surface area contributed by atoms with Crippen LogP contribution in [0.25, 0.3) is 0 Å². The summed E-state index contributed by atoms with van der Waals surface area (Å²) in [6, 6.07) is 0. The van der Waals surface area contributed by atoms with Crippen LogP contribution in [0, 0.1) is 5.92 Å². The van der Waals surface area contributed by atoms with Crippen molar-refractivity contribution in [2.75, 3.05) is 5.75 Å². The average molecular weight is 161 g/mol. The van der Waals surface area contributed by atoms with Crippen LogP contribution in [0.4, 0.5) is 0 Å². The van der Waals surface area contributed by atoms with Crippen molar-refractivity contribution in [1.29, 1.82) is 0 Å². The molecule has 1 saturated heterocycles. The third kappa shape index (κ3) is 1.66. The molecule has 0 spiro atoms. The predicted octanol–water partition coefficient (Wildman–Crippen LogP) is 0.770. The Hall–Kier alpha value is -0.0900. The number of carbonyl (C=O) groups excluding carboxylic acids is 1. The molecule has 0 unspecified atom stereocenters. The van der Waals surface area contributed by atoms with Crippen molar-refractivity contribution < 1.29 is 4.79 Å². The highest BCUT2D eigenvalue weighted by atomic mass is 32.2. The minimum Gasteiger partial charge on any atom is -0.311 e. The van der Waals surface area contributed by atoms with E-state index in [0.717, 1.165) is 5.75 Å². The van der Waals surface area contributed by atoms with E-state index in [1.54, 1.807) is 0 Å². The average Bonchev–Trinajstić information content (AvgIpc) is 1.80. The van der Waals surface area contributed by atoms with Gasteiger partial charge < -0.3 is 5.32 Å². The van der Waals surface area contributed by atoms with Crippen molar-refractivity contribution in [3.8, 4) is 0 Å². The van der Waals surface area contributed by atoms with Crippen molar-refractivity contribution in [2.24, 2.45) is 5.92 Å². The number of hydrogen-bond donors (Lipinski definition) is 1. The largest absolute Gasteiger partial charge is 0.311 e. The third-order valence-corrected chi connectivity index (χ3v) is 2.62. The van der Waals surface area contributed by atoms with E-state index in [9.17, 15) is 4.79 Å². The molecule has 1 aliphatic rings. The lowest BCUT2D eigenvalue weighted by molar-refractivity contribution is -0.122. The molecule has 0 saturated carbocycles. The van der Waals surface area contributed by atoms with Gasteiger partial charge >= 0.3 is 0 Å². The first-order valence-electron chi connectivity index (χ1n) is 2.68. The first-order valence-corrected chi connectivity index (χ1v) is 4.07. The third-order valence-electron chi connectivity index (χ3n) is 1.14. The second kappa shape index (κ2) is 2.66. The SMILES string of the molecule is C[C@@H]1CSC(=S)NC1=O. The van der Waals surface area contributed by atoms with Crippen LogP contribution >= 0.6 is 24.0 Å². The van der Waals surface area contributed by atoms with Gasteiger partial charge in [0.1, 0.15) is 4.32 Å². The number of carbonyl (C=O) groups is 1. The Bertz CT molecular complexity index is 157. The van der Waals surface area contributed by atoms with Crippen LogP contribution < -0.4 is 5.32 Å². The lowest BCUT2D eigenvalue weighted by Crippen LogP contribution is -2.37. The normalized spacial score (nSPS) is 27.9. The van der Waals surface area contributed by atoms with Crippen LogP contribution in [0.5, 0.6) is 0 Å². The minimum atomic E-state index is 0.0544. The summed E-state index contributed by atoms with van der Waals surface area (Å²) >= 11 is 6.30. The zero-order valence-corrected chi connectivity index (χ0v) is 6.64. The van der Waals surface area contributed by atoms with Gasteiger partial charge in [-0.1, -0.05) is 30.9 Å². The zero-order chi connectivity index (χ0) is 6.85. The molecule has 0 aliphatic carbocycles. The van der Waals surface area contributed by atoms with Gasteiger partial charge in [0.25, 0.3) is 0 Å². The van der Waals surface area contributed by atoms with Crippen molar-refractivity contribution in [1.82, 2.24) is 5.32 Å². The van der Waals surface area contributed by atoms with E-state index in [-0.39, 0.29) is 11.8 Å². The topological polar surface area (TPSA) is 29.1 Å². The van der Waals surface area contributed by atoms with E-state index in [2.05, 4.69) is 5.32 Å². The molecule has 9 heavy (non-hydrogen) atoms. The van der Waals surface area contributed by atoms with E-state index in [1.165, 1.54) is 11.8 Å². The fourth-order valence-electron chi connectivity index (χ4n) is 0.536. The Morgan fingerprint density at radius 3 is 3.00 bits per heavy atom. The van der Waals surface area contributed by atoms with Crippen molar-refractivity contribution in [3.05, 3.63) is 0 Å². The number of hydrogen-bond acceptors (Lipinski definition) is 3. The summed E-state index contributed by atoms with van der Waals surface area (Å²) < 4.78 is 0.609. The molecule has 0 aromatic rings. The van der Waals surface area contributed by atoms with Crippen LogP contribution in [-0.4, -0.2) is 16.0 Å². The maximum absolute atomic E-state index is 10.8. The highest BCUT2D eigenvalue weighted by Crippen LogP contribution is 2.14. The van der Waals surface area contributed by atoms with Crippen molar-refractivity contribution in [2.45, 2.75) is 6.92 Å². The molecule has 0 radical (unpaired) electrons. The first kappa shape index (κ1) is 7.02. The quantitative estimate of drug-likeness (QED) is 0.532. The molecule has 2 nitrogen and oxygen atoms in total. The molecule has 1 heterocycles. The van der Waals surface area contributed by atoms with Crippen LogP contribution in [-0.2, 0) is 4.79 Å². The smallest absolute Gasteiger partial charge is 0.229 e. The summed E-state index contributed by atoms with van der Waals surface area (Å²) in [4.78, 5) is 10.8. The molecule has 1 N–H and O–H groups in total. The highest BCUT2D eigenvalue weighted by molar-refractivity contribution is 8.23. The number of nitrogens with one attached hydrogen (secondary N) is 1. The van der Waals surface area contributed by atoms with Gasteiger partial charge in [0, 0.05) is 11.7 Å². The monoisotopic (exact) mass is 161 g/mol. The Kier molecular flexibility index (Phi) is 2.08. The molecule has 0 aromatic carbocycles. The van der Waals surface area contributed by atoms with E-state index >= 15 is 0 Å². The summed E-state index contributed by atoms with van der Waals surface area (Å²) in [5, 5.41) is 2.58. The van der Waals surface area contributed by atoms with Gasteiger partial charge in [-0.2, -0.15) is 0 Å². The molecule has 1 rings (SSSR count). The van der Waals surface area contributed by atoms with Gasteiger partial charge in [0.15, 0.2) is 0 Å². The first-order chi connectivity index (χ1) is 4.20. The highest BCUT2D eigenvalue weighted by Gasteiger charge is 2.19. The number of thiocarbonyl (C=S) groups is 1. The second-order valence-electron chi connectivity index (χ2n) is 1.99. The van der Waals surface area contributed by atoms with E-state index < -0.39 is 0 Å². The van der Waals surface area contributed by atoms with Gasteiger partial charge in [-0.15, -0.1) is 0 Å². The molecule has 1 fully saturated rings. The molecular weight excluding hydrogens is 154 g/mol. The Balaban J connectivity index is 2.54. The maximum Gasteiger partial charge on any atom is 0.229 e. The summed E-state index contributed by atoms with van der Waals surface area (Å²) in [6.07, 6.45) is 0.